The van der Waals surface area contributed by atoms with Gasteiger partial charge in [0.05, 0.1) is 10.5 Å². The first kappa shape index (κ1) is 16.0. The third-order valence-electron chi connectivity index (χ3n) is 4.09. The first-order chi connectivity index (χ1) is 10.7. The van der Waals surface area contributed by atoms with E-state index in [2.05, 4.69) is 42.8 Å². The van der Waals surface area contributed by atoms with Crippen molar-refractivity contribution in [1.29, 1.82) is 0 Å². The number of nitrogens with zero attached hydrogens (tertiary/aromatic N) is 3. The lowest BCUT2D eigenvalue weighted by Crippen LogP contribution is -2.46. The van der Waals surface area contributed by atoms with Gasteiger partial charge in [-0.05, 0) is 24.6 Å². The van der Waals surface area contributed by atoms with Crippen molar-refractivity contribution in [2.24, 2.45) is 0 Å². The molecule has 1 fully saturated rings. The van der Waals surface area contributed by atoms with Crippen molar-refractivity contribution in [2.45, 2.75) is 6.42 Å². The number of rotatable bonds is 4. The number of fused-ring (bicyclic) bond motifs is 1. The van der Waals surface area contributed by atoms with Gasteiger partial charge in [0.25, 0.3) is 0 Å². The maximum atomic E-state index is 8.94. The molecule has 1 aliphatic rings. The summed E-state index contributed by atoms with van der Waals surface area (Å²) in [6.07, 6.45) is 2.68. The van der Waals surface area contributed by atoms with E-state index < -0.39 is 0 Å². The average molecular weight is 385 g/mol. The Kier molecular flexibility index (Phi) is 5.18. The number of hydrogen-bond acceptors (Lipinski definition) is 4. The molecular formula is C16H19BrClN3O. The summed E-state index contributed by atoms with van der Waals surface area (Å²) in [5, 5.41) is 10.7. The van der Waals surface area contributed by atoms with E-state index in [0.717, 1.165) is 54.5 Å². The van der Waals surface area contributed by atoms with Crippen molar-refractivity contribution in [3.8, 4) is 0 Å². The van der Waals surface area contributed by atoms with Gasteiger partial charge >= 0.3 is 0 Å². The SMILES string of the molecule is OCCCN1CCN(c2ccnc3c(Cl)cc(Br)cc23)CC1. The standard InChI is InChI=1S/C16H19BrClN3O/c17-12-10-13-15(2-3-19-16(13)14(18)11-12)21-7-5-20(6-8-21)4-1-9-22/h2-3,10-11,22H,1,4-9H2. The molecule has 1 aromatic carbocycles. The highest BCUT2D eigenvalue weighted by molar-refractivity contribution is 9.10. The van der Waals surface area contributed by atoms with Crippen molar-refractivity contribution < 1.29 is 5.11 Å². The molecule has 1 aromatic heterocycles. The van der Waals surface area contributed by atoms with Gasteiger partial charge in [-0.2, -0.15) is 0 Å². The number of benzene rings is 1. The summed E-state index contributed by atoms with van der Waals surface area (Å²) in [5.41, 5.74) is 2.04. The summed E-state index contributed by atoms with van der Waals surface area (Å²) in [6, 6.07) is 6.03. The zero-order chi connectivity index (χ0) is 15.5. The summed E-state index contributed by atoms with van der Waals surface area (Å²) in [5.74, 6) is 0. The van der Waals surface area contributed by atoms with Crippen LogP contribution in [0.3, 0.4) is 0 Å². The maximum absolute atomic E-state index is 8.94. The Hall–Kier alpha value is -0.880. The molecule has 118 valence electrons. The Labute approximate surface area is 143 Å². The Bertz CT molecular complexity index is 659. The first-order valence-electron chi connectivity index (χ1n) is 7.51. The van der Waals surface area contributed by atoms with Crippen molar-refractivity contribution in [1.82, 2.24) is 9.88 Å². The molecule has 4 nitrogen and oxygen atoms in total. The Morgan fingerprint density at radius 3 is 2.73 bits per heavy atom. The average Bonchev–Trinajstić information content (AvgIpc) is 2.53. The van der Waals surface area contributed by atoms with Crippen LogP contribution in [0.1, 0.15) is 6.42 Å². The number of aliphatic hydroxyl groups excluding tert-OH is 1. The molecule has 0 spiro atoms. The van der Waals surface area contributed by atoms with E-state index in [-0.39, 0.29) is 6.61 Å². The fourth-order valence-electron chi connectivity index (χ4n) is 2.95. The summed E-state index contributed by atoms with van der Waals surface area (Å²) < 4.78 is 0.973. The van der Waals surface area contributed by atoms with Crippen LogP contribution in [-0.4, -0.2) is 54.3 Å². The molecule has 0 bridgehead atoms. The third kappa shape index (κ3) is 3.38. The van der Waals surface area contributed by atoms with Gasteiger partial charge in [-0.3, -0.25) is 9.88 Å². The molecule has 0 amide bonds. The maximum Gasteiger partial charge on any atom is 0.0909 e. The highest BCUT2D eigenvalue weighted by Crippen LogP contribution is 2.33. The summed E-state index contributed by atoms with van der Waals surface area (Å²) in [6.45, 7) is 5.24. The quantitative estimate of drug-likeness (QED) is 0.879. The Balaban J connectivity index is 1.83. The van der Waals surface area contributed by atoms with Crippen LogP contribution in [0.4, 0.5) is 5.69 Å². The summed E-state index contributed by atoms with van der Waals surface area (Å²) >= 11 is 9.83. The molecule has 0 unspecified atom stereocenters. The third-order valence-corrected chi connectivity index (χ3v) is 4.83. The van der Waals surface area contributed by atoms with Crippen molar-refractivity contribution in [2.75, 3.05) is 44.2 Å². The molecule has 6 heteroatoms. The normalized spacial score (nSPS) is 16.4. The summed E-state index contributed by atoms with van der Waals surface area (Å²) in [7, 11) is 0. The molecule has 1 N–H and O–H groups in total. The molecule has 3 rings (SSSR count). The Morgan fingerprint density at radius 2 is 2.00 bits per heavy atom. The van der Waals surface area contributed by atoms with E-state index in [9.17, 15) is 0 Å². The highest BCUT2D eigenvalue weighted by Gasteiger charge is 2.19. The minimum atomic E-state index is 0.266. The van der Waals surface area contributed by atoms with Crippen LogP contribution in [0.5, 0.6) is 0 Å². The van der Waals surface area contributed by atoms with Crippen LogP contribution in [0.2, 0.25) is 5.02 Å². The molecular weight excluding hydrogens is 366 g/mol. The lowest BCUT2D eigenvalue weighted by atomic mass is 10.1. The minimum Gasteiger partial charge on any atom is -0.396 e. The van der Waals surface area contributed by atoms with Gasteiger partial charge in [-0.1, -0.05) is 27.5 Å². The number of aliphatic hydroxyl groups is 1. The predicted octanol–water partition coefficient (Wildman–Crippen LogP) is 3.16. The van der Waals surface area contributed by atoms with Gasteiger partial charge in [-0.25, -0.2) is 0 Å². The van der Waals surface area contributed by atoms with Gasteiger partial charge in [0.2, 0.25) is 0 Å². The van der Waals surface area contributed by atoms with E-state index in [1.165, 1.54) is 5.69 Å². The van der Waals surface area contributed by atoms with Gasteiger partial charge in [0, 0.05) is 61.1 Å². The van der Waals surface area contributed by atoms with E-state index in [1.807, 2.05) is 12.3 Å². The molecule has 0 atom stereocenters. The molecule has 0 aliphatic carbocycles. The van der Waals surface area contributed by atoms with Crippen molar-refractivity contribution in [3.05, 3.63) is 33.9 Å². The highest BCUT2D eigenvalue weighted by atomic mass is 79.9. The number of hydrogen-bond donors (Lipinski definition) is 1. The molecule has 2 aromatic rings. The molecule has 2 heterocycles. The fraction of sp³-hybridized carbons (Fsp3) is 0.438. The second-order valence-electron chi connectivity index (χ2n) is 5.52. The zero-order valence-corrected chi connectivity index (χ0v) is 14.6. The minimum absolute atomic E-state index is 0.266. The van der Waals surface area contributed by atoms with Crippen LogP contribution >= 0.6 is 27.5 Å². The van der Waals surface area contributed by atoms with Gasteiger partial charge < -0.3 is 10.0 Å². The first-order valence-corrected chi connectivity index (χ1v) is 8.68. The van der Waals surface area contributed by atoms with Crippen molar-refractivity contribution in [3.63, 3.8) is 0 Å². The number of pyridine rings is 1. The van der Waals surface area contributed by atoms with E-state index >= 15 is 0 Å². The smallest absolute Gasteiger partial charge is 0.0909 e. The number of piperazine rings is 1. The van der Waals surface area contributed by atoms with E-state index in [4.69, 9.17) is 16.7 Å². The fourth-order valence-corrected chi connectivity index (χ4v) is 3.80. The topological polar surface area (TPSA) is 39.6 Å². The summed E-state index contributed by atoms with van der Waals surface area (Å²) in [4.78, 5) is 9.21. The predicted molar refractivity (Wildman–Crippen MR) is 94.8 cm³/mol. The van der Waals surface area contributed by atoms with E-state index in [0.29, 0.717) is 5.02 Å². The number of anilines is 1. The molecule has 0 radical (unpaired) electrons. The zero-order valence-electron chi connectivity index (χ0n) is 12.3. The monoisotopic (exact) mass is 383 g/mol. The van der Waals surface area contributed by atoms with Crippen LogP contribution < -0.4 is 4.90 Å². The lowest BCUT2D eigenvalue weighted by molar-refractivity contribution is 0.216. The number of aromatic nitrogens is 1. The molecule has 1 aliphatic heterocycles. The van der Waals surface area contributed by atoms with E-state index in [1.54, 1.807) is 0 Å². The molecule has 1 saturated heterocycles. The number of halogens is 2. The van der Waals surface area contributed by atoms with Crippen LogP contribution in [-0.2, 0) is 0 Å². The van der Waals surface area contributed by atoms with Crippen LogP contribution in [0.25, 0.3) is 10.9 Å². The lowest BCUT2D eigenvalue weighted by Gasteiger charge is -2.36. The second-order valence-corrected chi connectivity index (χ2v) is 6.84. The van der Waals surface area contributed by atoms with Gasteiger partial charge in [0.15, 0.2) is 0 Å². The van der Waals surface area contributed by atoms with Crippen molar-refractivity contribution >= 4 is 44.1 Å². The van der Waals surface area contributed by atoms with Gasteiger partial charge in [0.1, 0.15) is 0 Å². The van der Waals surface area contributed by atoms with Crippen LogP contribution in [0, 0.1) is 0 Å². The Morgan fingerprint density at radius 1 is 1.23 bits per heavy atom. The molecule has 0 saturated carbocycles. The largest absolute Gasteiger partial charge is 0.396 e. The van der Waals surface area contributed by atoms with Crippen LogP contribution in [0.15, 0.2) is 28.9 Å². The second kappa shape index (κ2) is 7.13. The van der Waals surface area contributed by atoms with Gasteiger partial charge in [-0.15, -0.1) is 0 Å². The molecule has 22 heavy (non-hydrogen) atoms.